The van der Waals surface area contributed by atoms with E-state index in [9.17, 15) is 33.6 Å². The Labute approximate surface area is 329 Å². The molecule has 14 heteroatoms. The molecule has 0 aromatic rings. The molecule has 14 nitrogen and oxygen atoms in total. The van der Waals surface area contributed by atoms with Crippen molar-refractivity contribution in [1.82, 2.24) is 0 Å². The van der Waals surface area contributed by atoms with Gasteiger partial charge < -0.3 is 33.2 Å². The maximum absolute atomic E-state index is 13.4. The fourth-order valence-electron chi connectivity index (χ4n) is 12.3. The molecule has 5 rings (SSSR count). The van der Waals surface area contributed by atoms with Crippen LogP contribution in [0.25, 0.3) is 0 Å². The lowest BCUT2D eigenvalue weighted by molar-refractivity contribution is -0.249. The van der Waals surface area contributed by atoms with Gasteiger partial charge >= 0.3 is 35.8 Å². The summed E-state index contributed by atoms with van der Waals surface area (Å²) in [6, 6.07) is 0. The van der Waals surface area contributed by atoms with Crippen LogP contribution in [0, 0.1) is 39.4 Å². The Kier molecular flexibility index (Phi) is 11.7. The SMILES string of the molecule is C=C(C)[C@H](OC(=O)COC(C)=O)[C@H](C[C@@H](C)[C@]12CC[C@@]3(C)[C@@]1(C[C@H](OC(=O)COC(C)=O)[C@H]1[C@@]4(C)CCC(=O)C(C)(C)[C@@H]4CC[C@@]13C)O2)OC(=O)COC(C)=O. The summed E-state index contributed by atoms with van der Waals surface area (Å²) in [6.45, 7) is 20.2. The van der Waals surface area contributed by atoms with E-state index in [1.165, 1.54) is 6.92 Å². The van der Waals surface area contributed by atoms with Crippen molar-refractivity contribution >= 4 is 41.6 Å². The molecule has 312 valence electrons. The number of ether oxygens (including phenoxy) is 7. The van der Waals surface area contributed by atoms with Crippen LogP contribution in [-0.2, 0) is 66.7 Å². The Morgan fingerprint density at radius 3 is 1.89 bits per heavy atom. The van der Waals surface area contributed by atoms with Gasteiger partial charge in [0.2, 0.25) is 0 Å². The number of esters is 6. The minimum atomic E-state index is -1.14. The molecule has 1 heterocycles. The minimum Gasteiger partial charge on any atom is -0.459 e. The highest BCUT2D eigenvalue weighted by molar-refractivity contribution is 5.85. The van der Waals surface area contributed by atoms with Crippen LogP contribution in [-0.4, -0.2) is 90.9 Å². The average Bonchev–Trinajstić information content (AvgIpc) is 3.68. The Morgan fingerprint density at radius 1 is 0.786 bits per heavy atom. The molecule has 0 aromatic carbocycles. The summed E-state index contributed by atoms with van der Waals surface area (Å²) in [7, 11) is 0. The fraction of sp³-hybridized carbons (Fsp3) is 0.786. The van der Waals surface area contributed by atoms with E-state index in [2.05, 4.69) is 27.4 Å². The van der Waals surface area contributed by atoms with E-state index in [1.54, 1.807) is 6.92 Å². The molecule has 0 amide bonds. The molecule has 0 unspecified atom stereocenters. The first-order chi connectivity index (χ1) is 25.9. The van der Waals surface area contributed by atoms with Crippen LogP contribution < -0.4 is 0 Å². The highest BCUT2D eigenvalue weighted by atomic mass is 16.6. The Morgan fingerprint density at radius 2 is 1.34 bits per heavy atom. The van der Waals surface area contributed by atoms with Crippen molar-refractivity contribution < 1.29 is 66.7 Å². The molecule has 4 aliphatic carbocycles. The number of hydrogen-bond acceptors (Lipinski definition) is 14. The zero-order chi connectivity index (χ0) is 41.8. The number of Topliss-reactive ketones (excluding diaryl/α,β-unsaturated/α-hetero) is 1. The van der Waals surface area contributed by atoms with Crippen LogP contribution >= 0.6 is 0 Å². The first kappa shape index (κ1) is 43.3. The second-order valence-electron chi connectivity index (χ2n) is 18.3. The van der Waals surface area contributed by atoms with Crippen molar-refractivity contribution in [3.63, 3.8) is 0 Å². The molecule has 0 bridgehead atoms. The van der Waals surface area contributed by atoms with E-state index in [4.69, 9.17) is 33.2 Å². The molecule has 0 N–H and O–H groups in total. The predicted octanol–water partition coefficient (Wildman–Crippen LogP) is 5.15. The van der Waals surface area contributed by atoms with Gasteiger partial charge in [0.05, 0.1) is 0 Å². The van der Waals surface area contributed by atoms with Crippen molar-refractivity contribution in [3.8, 4) is 0 Å². The first-order valence-corrected chi connectivity index (χ1v) is 19.8. The number of epoxide rings is 1. The Hall–Kier alpha value is -3.81. The molecule has 1 spiro atoms. The van der Waals surface area contributed by atoms with Crippen molar-refractivity contribution in [3.05, 3.63) is 12.2 Å². The third kappa shape index (κ3) is 7.16. The maximum Gasteiger partial charge on any atom is 0.345 e. The molecule has 5 aliphatic rings. The molecular weight excluding hydrogens is 728 g/mol. The normalized spacial score (nSPS) is 36.4. The standard InChI is InChI=1S/C42H60O14/c1-23(2)35(55-34(49)22-52-27(6)45)28(53-32(47)20-50-25(4)43)18-24(3)41-17-16-40(11)39(10)15-12-30-37(7,8)31(46)13-14-38(30,9)36(39)29(19-42(40,41)56-41)54-33(48)21-51-26(5)44/h24,28-30,35-36H,1,12-22H2,2-11H3/t24-,28+,29+,30+,35+,36+,38+,39+,40-,41-,42-/m1/s1. The van der Waals surface area contributed by atoms with Crippen LogP contribution in [0.1, 0.15) is 121 Å². The Balaban J connectivity index is 1.51. The van der Waals surface area contributed by atoms with Gasteiger partial charge in [-0.3, -0.25) is 19.2 Å². The number of hydrogen-bond donors (Lipinski definition) is 0. The largest absolute Gasteiger partial charge is 0.459 e. The second kappa shape index (κ2) is 15.2. The van der Waals surface area contributed by atoms with E-state index < -0.39 is 101 Å². The minimum absolute atomic E-state index is 0.0666. The van der Waals surface area contributed by atoms with Gasteiger partial charge in [-0.15, -0.1) is 0 Å². The van der Waals surface area contributed by atoms with E-state index in [1.807, 2.05) is 20.8 Å². The zero-order valence-corrected chi connectivity index (χ0v) is 34.7. The second-order valence-corrected chi connectivity index (χ2v) is 18.3. The van der Waals surface area contributed by atoms with Gasteiger partial charge in [0, 0.05) is 50.4 Å². The zero-order valence-electron chi connectivity index (χ0n) is 34.7. The summed E-state index contributed by atoms with van der Waals surface area (Å²) < 4.78 is 39.8. The number of rotatable bonds is 14. The molecule has 1 saturated heterocycles. The molecule has 1 aliphatic heterocycles. The highest BCUT2D eigenvalue weighted by Crippen LogP contribution is 2.84. The predicted molar refractivity (Wildman–Crippen MR) is 197 cm³/mol. The summed E-state index contributed by atoms with van der Waals surface area (Å²) in [4.78, 5) is 87.2. The number of ketones is 1. The van der Waals surface area contributed by atoms with Crippen molar-refractivity contribution in [1.29, 1.82) is 0 Å². The van der Waals surface area contributed by atoms with Gasteiger partial charge in [-0.2, -0.15) is 0 Å². The summed E-state index contributed by atoms with van der Waals surface area (Å²) >= 11 is 0. The lowest BCUT2D eigenvalue weighted by Gasteiger charge is -2.69. The molecule has 0 radical (unpaired) electrons. The van der Waals surface area contributed by atoms with Crippen molar-refractivity contribution in [2.75, 3.05) is 19.8 Å². The van der Waals surface area contributed by atoms with Gasteiger partial charge in [-0.1, -0.05) is 48.1 Å². The van der Waals surface area contributed by atoms with Gasteiger partial charge in [0.15, 0.2) is 25.9 Å². The summed E-state index contributed by atoms with van der Waals surface area (Å²) in [5.41, 5.74) is -2.86. The van der Waals surface area contributed by atoms with Gasteiger partial charge in [0.1, 0.15) is 29.2 Å². The first-order valence-electron chi connectivity index (χ1n) is 19.8. The van der Waals surface area contributed by atoms with Crippen molar-refractivity contribution in [2.24, 2.45) is 39.4 Å². The quantitative estimate of drug-likeness (QED) is 0.0973. The third-order valence-corrected chi connectivity index (χ3v) is 14.8. The fourth-order valence-corrected chi connectivity index (χ4v) is 12.3. The summed E-state index contributed by atoms with van der Waals surface area (Å²) in [6.07, 6.45) is 1.84. The van der Waals surface area contributed by atoms with Crippen LogP contribution in [0.3, 0.4) is 0 Å². The van der Waals surface area contributed by atoms with Crippen molar-refractivity contribution in [2.45, 2.75) is 150 Å². The number of fused-ring (bicyclic) bond motifs is 4. The summed E-state index contributed by atoms with van der Waals surface area (Å²) in [5, 5.41) is 0. The van der Waals surface area contributed by atoms with Gasteiger partial charge in [-0.05, 0) is 73.7 Å². The smallest absolute Gasteiger partial charge is 0.345 e. The molecule has 11 atom stereocenters. The summed E-state index contributed by atoms with van der Waals surface area (Å²) in [5.74, 6) is -4.45. The van der Waals surface area contributed by atoms with Crippen LogP contribution in [0.2, 0.25) is 0 Å². The molecule has 4 saturated carbocycles. The average molecular weight is 789 g/mol. The van der Waals surface area contributed by atoms with E-state index in [0.717, 1.165) is 33.1 Å². The van der Waals surface area contributed by atoms with Crippen LogP contribution in [0.15, 0.2) is 12.2 Å². The van der Waals surface area contributed by atoms with Gasteiger partial charge in [-0.25, -0.2) is 14.4 Å². The van der Waals surface area contributed by atoms with E-state index in [-0.39, 0.29) is 35.4 Å². The van der Waals surface area contributed by atoms with E-state index in [0.29, 0.717) is 31.3 Å². The molecule has 56 heavy (non-hydrogen) atoms. The molecular formula is C42H60O14. The van der Waals surface area contributed by atoms with E-state index >= 15 is 0 Å². The van der Waals surface area contributed by atoms with Gasteiger partial charge in [0.25, 0.3) is 0 Å². The monoisotopic (exact) mass is 788 g/mol. The number of carbonyl (C=O) groups is 7. The lowest BCUT2D eigenvalue weighted by Crippen LogP contribution is -2.69. The topological polar surface area (TPSA) is 187 Å². The molecule has 5 fully saturated rings. The number of carbonyl (C=O) groups excluding carboxylic acids is 7. The van der Waals surface area contributed by atoms with Crippen LogP contribution in [0.4, 0.5) is 0 Å². The maximum atomic E-state index is 13.4. The molecule has 0 aromatic heterocycles. The highest BCUT2D eigenvalue weighted by Gasteiger charge is 2.89. The Bertz CT molecular complexity index is 1670. The third-order valence-electron chi connectivity index (χ3n) is 14.8. The lowest BCUT2D eigenvalue weighted by atomic mass is 9.34. The van der Waals surface area contributed by atoms with Crippen LogP contribution in [0.5, 0.6) is 0 Å².